The minimum Gasteiger partial charge on any atom is -0.337 e. The first-order chi connectivity index (χ1) is 13.5. The Morgan fingerprint density at radius 3 is 2.86 bits per heavy atom. The van der Waals surface area contributed by atoms with Gasteiger partial charge in [0.1, 0.15) is 11.3 Å². The van der Waals surface area contributed by atoms with E-state index in [0.29, 0.717) is 27.7 Å². The number of aromatic nitrogens is 3. The van der Waals surface area contributed by atoms with Gasteiger partial charge in [-0.1, -0.05) is 41.8 Å². The number of rotatable bonds is 3. The van der Waals surface area contributed by atoms with Crippen LogP contribution in [0, 0.1) is 6.92 Å². The monoisotopic (exact) mass is 416 g/mol. The van der Waals surface area contributed by atoms with Crippen LogP contribution < -0.4 is 0 Å². The molecule has 0 aliphatic carbocycles. The third-order valence-corrected chi connectivity index (χ3v) is 6.07. The number of hydrogen-bond acceptors (Lipinski definition) is 3. The van der Waals surface area contributed by atoms with Crippen molar-refractivity contribution in [3.8, 4) is 0 Å². The highest BCUT2D eigenvalue weighted by atomic mass is 35.5. The molecule has 0 saturated heterocycles. The molecule has 1 aliphatic heterocycles. The molecular formula is C21H22Cl2N4O. The van der Waals surface area contributed by atoms with Crippen molar-refractivity contribution >= 4 is 40.3 Å². The Bertz CT molecular complexity index is 1060. The Morgan fingerprint density at radius 2 is 2.04 bits per heavy atom. The van der Waals surface area contributed by atoms with Crippen LogP contribution in [0.15, 0.2) is 24.3 Å². The first-order valence-corrected chi connectivity index (χ1v) is 10.3. The summed E-state index contributed by atoms with van der Waals surface area (Å²) in [5, 5.41) is 0.966. The van der Waals surface area contributed by atoms with Gasteiger partial charge in [0.05, 0.1) is 15.6 Å². The fourth-order valence-electron chi connectivity index (χ4n) is 3.78. The number of halogens is 2. The van der Waals surface area contributed by atoms with Crippen molar-refractivity contribution in [3.05, 3.63) is 57.0 Å². The molecule has 1 aromatic carbocycles. The lowest BCUT2D eigenvalue weighted by Gasteiger charge is -2.19. The molecule has 4 rings (SSSR count). The molecule has 1 amide bonds. The Hall–Kier alpha value is -2.11. The second-order valence-electron chi connectivity index (χ2n) is 7.35. The maximum atomic E-state index is 13.3. The summed E-state index contributed by atoms with van der Waals surface area (Å²) in [7, 11) is 1.77. The topological polar surface area (TPSA) is 51.0 Å². The summed E-state index contributed by atoms with van der Waals surface area (Å²) in [4.78, 5) is 24.4. The van der Waals surface area contributed by atoms with Gasteiger partial charge in [0.25, 0.3) is 5.91 Å². The smallest absolute Gasteiger partial charge is 0.256 e. The van der Waals surface area contributed by atoms with E-state index in [-0.39, 0.29) is 5.91 Å². The van der Waals surface area contributed by atoms with Gasteiger partial charge in [-0.2, -0.15) is 0 Å². The molecule has 0 N–H and O–H groups in total. The molecule has 5 nitrogen and oxygen atoms in total. The minimum absolute atomic E-state index is 0.0974. The molecular weight excluding hydrogens is 395 g/mol. The molecule has 0 unspecified atom stereocenters. The van der Waals surface area contributed by atoms with Crippen LogP contribution in [0.4, 0.5) is 0 Å². The van der Waals surface area contributed by atoms with Gasteiger partial charge in [0.15, 0.2) is 5.65 Å². The second-order valence-corrected chi connectivity index (χ2v) is 8.13. The lowest BCUT2D eigenvalue weighted by molar-refractivity contribution is 0.0786. The molecule has 1 aliphatic rings. The van der Waals surface area contributed by atoms with Crippen LogP contribution in [0.5, 0.6) is 0 Å². The average molecular weight is 417 g/mol. The van der Waals surface area contributed by atoms with E-state index in [1.807, 2.05) is 25.1 Å². The Morgan fingerprint density at radius 1 is 1.21 bits per heavy atom. The van der Waals surface area contributed by atoms with Gasteiger partial charge in [-0.3, -0.25) is 4.79 Å². The fraction of sp³-hybridized carbons (Fsp3) is 0.381. The van der Waals surface area contributed by atoms with Crippen molar-refractivity contribution in [1.82, 2.24) is 19.4 Å². The summed E-state index contributed by atoms with van der Waals surface area (Å²) in [5.41, 5.74) is 3.72. The number of pyridine rings is 1. The molecule has 0 atom stereocenters. The predicted molar refractivity (Wildman–Crippen MR) is 112 cm³/mol. The third-order valence-electron chi connectivity index (χ3n) is 5.21. The average Bonchev–Trinajstić information content (AvgIpc) is 2.85. The molecule has 146 valence electrons. The summed E-state index contributed by atoms with van der Waals surface area (Å²) in [5.74, 6) is 0.931. The largest absolute Gasteiger partial charge is 0.337 e. The van der Waals surface area contributed by atoms with Crippen molar-refractivity contribution < 1.29 is 4.79 Å². The highest BCUT2D eigenvalue weighted by Gasteiger charge is 2.23. The summed E-state index contributed by atoms with van der Waals surface area (Å²) in [6.07, 6.45) is 4.37. The highest BCUT2D eigenvalue weighted by Crippen LogP contribution is 2.28. The van der Waals surface area contributed by atoms with Crippen LogP contribution in [0.2, 0.25) is 10.0 Å². The lowest BCUT2D eigenvalue weighted by Crippen LogP contribution is -2.27. The fourth-order valence-corrected chi connectivity index (χ4v) is 4.16. The zero-order valence-electron chi connectivity index (χ0n) is 16.0. The molecule has 0 fully saturated rings. The van der Waals surface area contributed by atoms with Gasteiger partial charge in [-0.25, -0.2) is 9.97 Å². The third kappa shape index (κ3) is 3.49. The van der Waals surface area contributed by atoms with Gasteiger partial charge < -0.3 is 9.47 Å². The van der Waals surface area contributed by atoms with Gasteiger partial charge in [0, 0.05) is 32.3 Å². The van der Waals surface area contributed by atoms with E-state index >= 15 is 0 Å². The van der Waals surface area contributed by atoms with Crippen LogP contribution >= 0.6 is 23.2 Å². The maximum Gasteiger partial charge on any atom is 0.256 e. The summed E-state index contributed by atoms with van der Waals surface area (Å²) in [6, 6.07) is 7.28. The van der Waals surface area contributed by atoms with E-state index in [0.717, 1.165) is 48.5 Å². The van der Waals surface area contributed by atoms with Crippen LogP contribution in [-0.4, -0.2) is 32.4 Å². The zero-order chi connectivity index (χ0) is 19.8. The number of fused-ring (bicyclic) bond motifs is 3. The van der Waals surface area contributed by atoms with E-state index < -0.39 is 0 Å². The van der Waals surface area contributed by atoms with Gasteiger partial charge in [-0.05, 0) is 37.5 Å². The summed E-state index contributed by atoms with van der Waals surface area (Å²) >= 11 is 12.4. The number of carbonyl (C=O) groups is 1. The van der Waals surface area contributed by atoms with E-state index in [2.05, 4.69) is 4.57 Å². The first kappa shape index (κ1) is 19.2. The van der Waals surface area contributed by atoms with E-state index in [4.69, 9.17) is 33.2 Å². The molecule has 0 saturated carbocycles. The van der Waals surface area contributed by atoms with Crippen molar-refractivity contribution in [2.45, 2.75) is 45.7 Å². The summed E-state index contributed by atoms with van der Waals surface area (Å²) < 4.78 is 2.18. The van der Waals surface area contributed by atoms with E-state index in [1.54, 1.807) is 18.0 Å². The molecule has 0 radical (unpaired) electrons. The number of hydrogen-bond donors (Lipinski definition) is 0. The summed E-state index contributed by atoms with van der Waals surface area (Å²) in [6.45, 7) is 3.19. The van der Waals surface area contributed by atoms with E-state index in [1.165, 1.54) is 6.42 Å². The highest BCUT2D eigenvalue weighted by molar-refractivity contribution is 6.42. The van der Waals surface area contributed by atoms with E-state index in [9.17, 15) is 4.79 Å². The molecule has 7 heteroatoms. The number of carbonyl (C=O) groups excluding carboxylic acids is 1. The van der Waals surface area contributed by atoms with Crippen molar-refractivity contribution in [3.63, 3.8) is 0 Å². The van der Waals surface area contributed by atoms with Crippen LogP contribution in [0.25, 0.3) is 11.2 Å². The molecule has 3 aromatic rings. The van der Waals surface area contributed by atoms with Crippen molar-refractivity contribution in [2.24, 2.45) is 0 Å². The quantitative estimate of drug-likeness (QED) is 0.600. The predicted octanol–water partition coefficient (Wildman–Crippen LogP) is 5.05. The standard InChI is InChI=1S/C21H22Cl2N4O/c1-13-11-15(19-20(24-13)27-10-5-3-4-9-17(27)25-19)21(28)26(2)12-14-7-6-8-16(22)18(14)23/h6-8,11H,3-5,9-10,12H2,1-2H3. The normalized spacial score (nSPS) is 14.0. The van der Waals surface area contributed by atoms with Crippen LogP contribution in [0.1, 0.15) is 46.7 Å². The molecule has 3 heterocycles. The molecule has 28 heavy (non-hydrogen) atoms. The van der Waals surface area contributed by atoms with Crippen molar-refractivity contribution in [1.29, 1.82) is 0 Å². The number of aryl methyl sites for hydroxylation is 3. The number of benzene rings is 1. The number of imidazole rings is 1. The number of nitrogens with zero attached hydrogens (tertiary/aromatic N) is 4. The van der Waals surface area contributed by atoms with Crippen LogP contribution in [-0.2, 0) is 19.5 Å². The minimum atomic E-state index is -0.0974. The van der Waals surface area contributed by atoms with Gasteiger partial charge >= 0.3 is 0 Å². The Balaban J connectivity index is 1.71. The lowest BCUT2D eigenvalue weighted by atomic mass is 10.1. The SMILES string of the molecule is Cc1cc(C(=O)N(C)Cc2cccc(Cl)c2Cl)c2nc3n(c2n1)CCCCC3. The maximum absolute atomic E-state index is 13.3. The van der Waals surface area contributed by atoms with Crippen molar-refractivity contribution in [2.75, 3.05) is 7.05 Å². The second kappa shape index (κ2) is 7.72. The molecule has 0 bridgehead atoms. The van der Waals surface area contributed by atoms with Crippen LogP contribution in [0.3, 0.4) is 0 Å². The van der Waals surface area contributed by atoms with Gasteiger partial charge in [-0.15, -0.1) is 0 Å². The zero-order valence-corrected chi connectivity index (χ0v) is 17.5. The molecule has 0 spiro atoms. The molecule has 2 aromatic heterocycles. The Labute approximate surface area is 174 Å². The number of amides is 1. The van der Waals surface area contributed by atoms with Gasteiger partial charge in [0.2, 0.25) is 0 Å². The first-order valence-electron chi connectivity index (χ1n) is 9.51. The Kier molecular flexibility index (Phi) is 5.30.